The molecule has 0 spiro atoms. The third kappa shape index (κ3) is 4.47. The molecule has 0 amide bonds. The predicted molar refractivity (Wildman–Crippen MR) is 217 cm³/mol. The van der Waals surface area contributed by atoms with E-state index in [1.54, 1.807) is 4.57 Å². The van der Waals surface area contributed by atoms with Crippen LogP contribution >= 0.6 is 0 Å². The summed E-state index contributed by atoms with van der Waals surface area (Å²) in [6, 6.07) is 44.7. The molecule has 51 heavy (non-hydrogen) atoms. The summed E-state index contributed by atoms with van der Waals surface area (Å²) in [5.41, 5.74) is 6.52. The fourth-order valence-electron chi connectivity index (χ4n) is 8.41. The minimum Gasteiger partial charge on any atom is -0.309 e. The molecule has 0 bridgehead atoms. The van der Waals surface area contributed by atoms with Gasteiger partial charge in [0, 0.05) is 22.4 Å². The number of benzene rings is 8. The molecule has 0 fully saturated rings. The molecular formula is C49H35NSi. The smallest absolute Gasteiger partial charge is 0.180 e. The first-order valence-corrected chi connectivity index (χ1v) is 19.0. The number of nitrogens with zero attached hydrogens (tertiary/aromatic N) is 1. The van der Waals surface area contributed by atoms with Crippen LogP contribution in [0.1, 0.15) is 36.3 Å². The van der Waals surface area contributed by atoms with Gasteiger partial charge in [0.2, 0.25) is 0 Å². The summed E-state index contributed by atoms with van der Waals surface area (Å²) >= 11 is 0. The number of rotatable bonds is 6. The van der Waals surface area contributed by atoms with Gasteiger partial charge in [-0.1, -0.05) is 176 Å². The van der Waals surface area contributed by atoms with Gasteiger partial charge in [-0.05, 0) is 78.8 Å². The molecule has 0 N–H and O–H groups in total. The third-order valence-electron chi connectivity index (χ3n) is 10.4. The molecule has 1 aliphatic carbocycles. The molecule has 2 heteroatoms. The average molecular weight is 676 g/mol. The maximum Gasteiger partial charge on any atom is 0.180 e. The van der Waals surface area contributed by atoms with Crippen molar-refractivity contribution in [3.63, 3.8) is 0 Å². The lowest BCUT2D eigenvalue weighted by Crippen LogP contribution is -2.75. The molecule has 1 atom stereocenters. The lowest BCUT2D eigenvalue weighted by molar-refractivity contribution is 1.02. The second-order valence-electron chi connectivity index (χ2n) is 12.9. The van der Waals surface area contributed by atoms with Crippen LogP contribution in [0.5, 0.6) is 0 Å². The Morgan fingerprint density at radius 3 is 1.82 bits per heavy atom. The minimum atomic E-state index is -3.75. The Kier molecular flexibility index (Phi) is 4.96. The summed E-state index contributed by atoms with van der Waals surface area (Å²) in [4.78, 5) is 0. The summed E-state index contributed by atoms with van der Waals surface area (Å²) in [6.07, 6.45) is 0. The van der Waals surface area contributed by atoms with E-state index >= 15 is 0 Å². The molecule has 1 heterocycles. The lowest BCUT2D eigenvalue weighted by Gasteiger charge is -2.36. The number of hydrogen-bond donors (Lipinski definition) is 0. The van der Waals surface area contributed by atoms with Crippen LogP contribution in [0.2, 0.25) is 0 Å². The summed E-state index contributed by atoms with van der Waals surface area (Å²) in [5, 5.41) is 4.71. The minimum absolute atomic E-state index is 0.0851. The van der Waals surface area contributed by atoms with E-state index in [-0.39, 0.29) is 47.9 Å². The largest absolute Gasteiger partial charge is 0.309 e. The van der Waals surface area contributed by atoms with Crippen molar-refractivity contribution in [2.45, 2.75) is 5.92 Å². The highest BCUT2D eigenvalue weighted by molar-refractivity contribution is 7.20. The van der Waals surface area contributed by atoms with Gasteiger partial charge < -0.3 is 4.57 Å². The van der Waals surface area contributed by atoms with Gasteiger partial charge in [-0.2, -0.15) is 0 Å². The molecule has 10 rings (SSSR count). The quantitative estimate of drug-likeness (QED) is 0.122. The van der Waals surface area contributed by atoms with Crippen molar-refractivity contribution >= 4 is 50.6 Å². The van der Waals surface area contributed by atoms with Gasteiger partial charge in [0.05, 0.1) is 24.7 Å². The van der Waals surface area contributed by atoms with Crippen molar-refractivity contribution in [1.29, 1.82) is 0 Å². The molecule has 9 aromatic rings. The molecular weight excluding hydrogens is 631 g/mol. The Labute approximate surface area is 313 Å². The van der Waals surface area contributed by atoms with Crippen molar-refractivity contribution in [1.82, 2.24) is 4.57 Å². The third-order valence-corrected chi connectivity index (χ3v) is 15.0. The summed E-state index contributed by atoms with van der Waals surface area (Å²) in [6.45, 7) is 0. The molecule has 0 aliphatic heterocycles. The maximum atomic E-state index is 9.53. The molecule has 8 aromatic carbocycles. The average Bonchev–Trinajstić information content (AvgIpc) is 3.81. The predicted octanol–water partition coefficient (Wildman–Crippen LogP) is 9.32. The van der Waals surface area contributed by atoms with E-state index in [0.29, 0.717) is 16.2 Å². The van der Waals surface area contributed by atoms with E-state index in [0.717, 1.165) is 54.1 Å². The zero-order valence-corrected chi connectivity index (χ0v) is 28.4. The fraction of sp³-hybridized carbons (Fsp3) is 0.0204. The van der Waals surface area contributed by atoms with Crippen LogP contribution in [0.4, 0.5) is 0 Å². The molecule has 0 radical (unpaired) electrons. The topological polar surface area (TPSA) is 4.93 Å². The van der Waals surface area contributed by atoms with Crippen LogP contribution in [0.25, 0.3) is 38.6 Å². The van der Waals surface area contributed by atoms with Crippen molar-refractivity contribution in [2.75, 3.05) is 0 Å². The number of fused-ring (bicyclic) bond motifs is 6. The van der Waals surface area contributed by atoms with Crippen molar-refractivity contribution in [3.8, 4) is 16.8 Å². The highest BCUT2D eigenvalue weighted by Gasteiger charge is 2.45. The monoisotopic (exact) mass is 675 g/mol. The number of para-hydroxylation sites is 2. The van der Waals surface area contributed by atoms with E-state index in [9.17, 15) is 2.74 Å². The zero-order chi connectivity index (χ0) is 42.5. The fourth-order valence-corrected chi connectivity index (χ4v) is 13.1. The van der Waals surface area contributed by atoms with Crippen LogP contribution in [0, 0.1) is 0 Å². The van der Waals surface area contributed by atoms with Crippen LogP contribution in [0.15, 0.2) is 206 Å². The zero-order valence-electron chi connectivity index (χ0n) is 37.4. The van der Waals surface area contributed by atoms with E-state index in [2.05, 4.69) is 30.3 Å². The van der Waals surface area contributed by atoms with Gasteiger partial charge in [-0.25, -0.2) is 0 Å². The first kappa shape index (κ1) is 21.1. The van der Waals surface area contributed by atoms with Crippen LogP contribution in [-0.2, 0) is 0 Å². The van der Waals surface area contributed by atoms with E-state index in [1.165, 1.54) is 0 Å². The Bertz CT molecular complexity index is 3180. The Hall–Kier alpha value is -6.22. The van der Waals surface area contributed by atoms with Gasteiger partial charge >= 0.3 is 0 Å². The number of hydrogen-bond acceptors (Lipinski definition) is 0. The highest BCUT2D eigenvalue weighted by atomic mass is 28.3. The normalized spacial score (nSPS) is 16.4. The molecule has 1 unspecified atom stereocenters. The first-order valence-electron chi connectivity index (χ1n) is 22.0. The molecule has 0 saturated carbocycles. The Morgan fingerprint density at radius 1 is 0.471 bits per heavy atom. The Balaban J connectivity index is 1.29. The van der Waals surface area contributed by atoms with Crippen LogP contribution in [0.3, 0.4) is 0 Å². The summed E-state index contributed by atoms with van der Waals surface area (Å²) in [5.74, 6) is -0.267. The molecule has 240 valence electrons. The van der Waals surface area contributed by atoms with Gasteiger partial charge in [0.15, 0.2) is 8.07 Å². The van der Waals surface area contributed by atoms with Gasteiger partial charge in [0.1, 0.15) is 0 Å². The summed E-state index contributed by atoms with van der Waals surface area (Å²) in [7, 11) is -3.75. The van der Waals surface area contributed by atoms with Crippen molar-refractivity contribution in [3.05, 3.63) is 223 Å². The SMILES string of the molecule is [2H]c1c([2H])c([2H])c(-n2c3ccccc3c3cc(C4c5ccccc5-c5c4cccc5[Si](c4ccccc4)(c4ccccc4)c4c([2H])c([2H])c([2H])c([2H])c4[2H])ccc32)c([2H])c1[2H]. The van der Waals surface area contributed by atoms with Crippen molar-refractivity contribution < 1.29 is 13.7 Å². The first-order chi connectivity index (χ1) is 29.5. The maximum absolute atomic E-state index is 9.53. The van der Waals surface area contributed by atoms with Crippen LogP contribution in [-0.4, -0.2) is 12.6 Å². The van der Waals surface area contributed by atoms with Gasteiger partial charge in [-0.15, -0.1) is 0 Å². The summed E-state index contributed by atoms with van der Waals surface area (Å²) < 4.78 is 90.1. The second kappa shape index (κ2) is 12.0. The number of aromatic nitrogens is 1. The molecule has 1 aliphatic rings. The van der Waals surface area contributed by atoms with E-state index in [1.807, 2.05) is 115 Å². The Morgan fingerprint density at radius 2 is 1.08 bits per heavy atom. The van der Waals surface area contributed by atoms with E-state index < -0.39 is 32.2 Å². The van der Waals surface area contributed by atoms with Crippen molar-refractivity contribution in [2.24, 2.45) is 0 Å². The molecule has 1 nitrogen and oxygen atoms in total. The second-order valence-corrected chi connectivity index (χ2v) is 16.6. The van der Waals surface area contributed by atoms with Gasteiger partial charge in [-0.3, -0.25) is 0 Å². The molecule has 0 saturated heterocycles. The standard InChI is InChI=1S/C49H35NSi/c1-5-18-36(19-6-1)50-45-30-16-15-26-40(45)44-34-35(32-33-46(44)50)48-41-27-13-14-28-42(41)49-43(48)29-17-31-47(49)51(37-20-7-2-8-21-37,38-22-9-3-10-23-38)39-24-11-4-12-25-39/h1-34,48H/i1D,2D,5D,6D,7D,8D,18D,19D,20D,21D. The van der Waals surface area contributed by atoms with Crippen LogP contribution < -0.4 is 20.7 Å². The lowest BCUT2D eigenvalue weighted by atomic mass is 9.88. The van der Waals surface area contributed by atoms with E-state index in [4.69, 9.17) is 11.0 Å². The highest BCUT2D eigenvalue weighted by Crippen LogP contribution is 2.48. The van der Waals surface area contributed by atoms with Gasteiger partial charge in [0.25, 0.3) is 0 Å². The molecule has 1 aromatic heterocycles.